The number of nitrogens with zero attached hydrogens (tertiary/aromatic N) is 2. The molecule has 17 heavy (non-hydrogen) atoms. The molecule has 1 aromatic heterocycles. The van der Waals surface area contributed by atoms with Crippen molar-refractivity contribution in [2.24, 2.45) is 0 Å². The lowest BCUT2D eigenvalue weighted by Gasteiger charge is -1.91. The Morgan fingerprint density at radius 3 is 3.12 bits per heavy atom. The van der Waals surface area contributed by atoms with Gasteiger partial charge >= 0.3 is 0 Å². The molecule has 2 aromatic rings. The van der Waals surface area contributed by atoms with Crippen LogP contribution in [0.25, 0.3) is 11.1 Å². The topological polar surface area (TPSA) is 81.2 Å². The van der Waals surface area contributed by atoms with Gasteiger partial charge in [-0.15, -0.1) is 5.92 Å². The number of benzene rings is 1. The zero-order chi connectivity index (χ0) is 12.3. The molecule has 6 nitrogen and oxygen atoms in total. The third-order valence-electron chi connectivity index (χ3n) is 2.09. The standard InChI is InChI=1S/C11H9N3O3/c1-2-3-6-12-11-13-9-7-8(14(15)16)4-5-10(9)17-11/h4-5,7H,6H2,1H3,(H,12,13). The Balaban J connectivity index is 2.29. The minimum Gasteiger partial charge on any atom is -0.424 e. The number of fused-ring (bicyclic) bond motifs is 1. The van der Waals surface area contributed by atoms with Crippen molar-refractivity contribution in [2.75, 3.05) is 11.9 Å². The predicted octanol–water partition coefficient (Wildman–Crippen LogP) is 2.17. The number of hydrogen-bond acceptors (Lipinski definition) is 5. The van der Waals surface area contributed by atoms with Crippen LogP contribution < -0.4 is 5.32 Å². The summed E-state index contributed by atoms with van der Waals surface area (Å²) in [5, 5.41) is 13.4. The van der Waals surface area contributed by atoms with E-state index >= 15 is 0 Å². The van der Waals surface area contributed by atoms with Crippen molar-refractivity contribution >= 4 is 22.8 Å². The first-order valence-corrected chi connectivity index (χ1v) is 4.89. The van der Waals surface area contributed by atoms with Gasteiger partial charge < -0.3 is 9.73 Å². The lowest BCUT2D eigenvalue weighted by atomic mass is 10.3. The summed E-state index contributed by atoms with van der Waals surface area (Å²) in [7, 11) is 0. The van der Waals surface area contributed by atoms with Crippen LogP contribution in [0.1, 0.15) is 6.92 Å². The first-order valence-electron chi connectivity index (χ1n) is 4.89. The zero-order valence-electron chi connectivity index (χ0n) is 9.06. The smallest absolute Gasteiger partial charge is 0.296 e. The maximum atomic E-state index is 10.6. The monoisotopic (exact) mass is 231 g/mol. The highest BCUT2D eigenvalue weighted by atomic mass is 16.6. The van der Waals surface area contributed by atoms with Gasteiger partial charge in [0.2, 0.25) is 0 Å². The molecule has 0 spiro atoms. The third-order valence-corrected chi connectivity index (χ3v) is 2.09. The molecule has 1 N–H and O–H groups in total. The van der Waals surface area contributed by atoms with Crippen LogP contribution in [0.5, 0.6) is 0 Å². The summed E-state index contributed by atoms with van der Waals surface area (Å²) >= 11 is 0. The van der Waals surface area contributed by atoms with Gasteiger partial charge in [0.1, 0.15) is 5.52 Å². The SMILES string of the molecule is CC#CCNc1nc2cc([N+](=O)[O-])ccc2o1. The van der Waals surface area contributed by atoms with Crippen LogP contribution in [0.15, 0.2) is 22.6 Å². The van der Waals surface area contributed by atoms with Crippen LogP contribution >= 0.6 is 0 Å². The summed E-state index contributed by atoms with van der Waals surface area (Å²) in [6.45, 7) is 2.16. The van der Waals surface area contributed by atoms with Gasteiger partial charge in [-0.25, -0.2) is 0 Å². The first kappa shape index (κ1) is 11.0. The van der Waals surface area contributed by atoms with Gasteiger partial charge in [-0.05, 0) is 13.0 Å². The highest BCUT2D eigenvalue weighted by Crippen LogP contribution is 2.23. The van der Waals surface area contributed by atoms with E-state index in [9.17, 15) is 10.1 Å². The number of nitro groups is 1. The van der Waals surface area contributed by atoms with Gasteiger partial charge in [0, 0.05) is 12.1 Å². The Bertz CT molecular complexity index is 622. The fraction of sp³-hybridized carbons (Fsp3) is 0.182. The zero-order valence-corrected chi connectivity index (χ0v) is 9.06. The fourth-order valence-electron chi connectivity index (χ4n) is 1.31. The molecule has 0 atom stereocenters. The first-order chi connectivity index (χ1) is 8.20. The Morgan fingerprint density at radius 1 is 1.59 bits per heavy atom. The lowest BCUT2D eigenvalue weighted by molar-refractivity contribution is -0.384. The Labute approximate surface area is 96.8 Å². The Kier molecular flexibility index (Phi) is 2.92. The van der Waals surface area contributed by atoms with Crippen molar-refractivity contribution in [1.29, 1.82) is 0 Å². The van der Waals surface area contributed by atoms with Gasteiger partial charge in [0.15, 0.2) is 5.58 Å². The second kappa shape index (κ2) is 4.53. The highest BCUT2D eigenvalue weighted by Gasteiger charge is 2.10. The van der Waals surface area contributed by atoms with Crippen LogP contribution in [-0.4, -0.2) is 16.5 Å². The van der Waals surface area contributed by atoms with E-state index in [4.69, 9.17) is 4.42 Å². The molecule has 1 heterocycles. The molecular weight excluding hydrogens is 222 g/mol. The molecular formula is C11H9N3O3. The number of nitrogens with one attached hydrogen (secondary N) is 1. The van der Waals surface area contributed by atoms with Gasteiger partial charge in [-0.3, -0.25) is 10.1 Å². The van der Waals surface area contributed by atoms with E-state index in [1.54, 1.807) is 6.92 Å². The summed E-state index contributed by atoms with van der Waals surface area (Å²) in [6, 6.07) is 4.58. The number of rotatable bonds is 3. The van der Waals surface area contributed by atoms with Crippen molar-refractivity contribution in [3.63, 3.8) is 0 Å². The average Bonchev–Trinajstić information content (AvgIpc) is 2.70. The third kappa shape index (κ3) is 2.34. The second-order valence-corrected chi connectivity index (χ2v) is 3.21. The Hall–Kier alpha value is -2.55. The molecule has 0 aliphatic heterocycles. The van der Waals surface area contributed by atoms with Crippen molar-refractivity contribution in [1.82, 2.24) is 4.98 Å². The summed E-state index contributed by atoms with van der Waals surface area (Å²) in [5.41, 5.74) is 0.944. The fourth-order valence-corrected chi connectivity index (χ4v) is 1.31. The minimum atomic E-state index is -0.468. The summed E-state index contributed by atoms with van der Waals surface area (Å²) in [6.07, 6.45) is 0. The van der Waals surface area contributed by atoms with E-state index < -0.39 is 4.92 Å². The predicted molar refractivity (Wildman–Crippen MR) is 62.6 cm³/mol. The van der Waals surface area contributed by atoms with E-state index in [1.165, 1.54) is 18.2 Å². The van der Waals surface area contributed by atoms with E-state index in [2.05, 4.69) is 22.1 Å². The minimum absolute atomic E-state index is 0.00861. The van der Waals surface area contributed by atoms with Gasteiger partial charge in [0.05, 0.1) is 11.5 Å². The molecule has 0 amide bonds. The number of oxazole rings is 1. The maximum Gasteiger partial charge on any atom is 0.296 e. The van der Waals surface area contributed by atoms with Crippen molar-refractivity contribution in [2.45, 2.75) is 6.92 Å². The van der Waals surface area contributed by atoms with Crippen LogP contribution in [0, 0.1) is 22.0 Å². The molecule has 1 aromatic carbocycles. The maximum absolute atomic E-state index is 10.6. The summed E-state index contributed by atoms with van der Waals surface area (Å²) in [4.78, 5) is 14.2. The van der Waals surface area contributed by atoms with Gasteiger partial charge in [0.25, 0.3) is 11.7 Å². The molecule has 0 bridgehead atoms. The van der Waals surface area contributed by atoms with E-state index in [1.807, 2.05) is 0 Å². The summed E-state index contributed by atoms with van der Waals surface area (Å²) in [5.74, 6) is 5.53. The molecule has 0 saturated heterocycles. The molecule has 0 aliphatic carbocycles. The molecule has 0 aliphatic rings. The van der Waals surface area contributed by atoms with Crippen molar-refractivity contribution in [3.8, 4) is 11.8 Å². The second-order valence-electron chi connectivity index (χ2n) is 3.21. The number of nitro benzene ring substituents is 1. The van der Waals surface area contributed by atoms with Crippen molar-refractivity contribution in [3.05, 3.63) is 28.3 Å². The van der Waals surface area contributed by atoms with Crippen LogP contribution in [0.3, 0.4) is 0 Å². The number of anilines is 1. The number of aromatic nitrogens is 1. The van der Waals surface area contributed by atoms with Crippen LogP contribution in [-0.2, 0) is 0 Å². The molecule has 2 rings (SSSR count). The molecule has 6 heteroatoms. The quantitative estimate of drug-likeness (QED) is 0.497. The highest BCUT2D eigenvalue weighted by molar-refractivity contribution is 5.77. The molecule has 0 saturated carbocycles. The van der Waals surface area contributed by atoms with Crippen molar-refractivity contribution < 1.29 is 9.34 Å². The number of hydrogen-bond donors (Lipinski definition) is 1. The van der Waals surface area contributed by atoms with E-state index in [-0.39, 0.29) is 5.69 Å². The van der Waals surface area contributed by atoms with E-state index in [0.717, 1.165) is 0 Å². The lowest BCUT2D eigenvalue weighted by Crippen LogP contribution is -1.97. The molecule has 0 fully saturated rings. The van der Waals surface area contributed by atoms with Crippen LogP contribution in [0.2, 0.25) is 0 Å². The molecule has 0 unspecified atom stereocenters. The molecule has 86 valence electrons. The average molecular weight is 231 g/mol. The summed E-state index contributed by atoms with van der Waals surface area (Å²) < 4.78 is 5.34. The molecule has 0 radical (unpaired) electrons. The van der Waals surface area contributed by atoms with Gasteiger partial charge in [-0.1, -0.05) is 5.92 Å². The van der Waals surface area contributed by atoms with E-state index in [0.29, 0.717) is 23.7 Å². The van der Waals surface area contributed by atoms with Gasteiger partial charge in [-0.2, -0.15) is 4.98 Å². The number of non-ortho nitro benzene ring substituents is 1. The largest absolute Gasteiger partial charge is 0.424 e. The Morgan fingerprint density at radius 2 is 2.41 bits per heavy atom. The normalized spacial score (nSPS) is 9.71. The van der Waals surface area contributed by atoms with Crippen LogP contribution in [0.4, 0.5) is 11.7 Å².